The molecule has 0 aromatic heterocycles. The molecule has 0 unspecified atom stereocenters. The number of hydrogen-bond donors (Lipinski definition) is 1. The van der Waals surface area contributed by atoms with Crippen molar-refractivity contribution in [3.8, 4) is 0 Å². The summed E-state index contributed by atoms with van der Waals surface area (Å²) in [7, 11) is -2.18. The van der Waals surface area contributed by atoms with Gasteiger partial charge in [-0.1, -0.05) is 11.6 Å². The van der Waals surface area contributed by atoms with Gasteiger partial charge in [-0.3, -0.25) is 0 Å². The maximum atomic E-state index is 12.1. The van der Waals surface area contributed by atoms with E-state index in [4.69, 9.17) is 26.2 Å². The molecule has 8 heteroatoms. The molecule has 6 nitrogen and oxygen atoms in total. The summed E-state index contributed by atoms with van der Waals surface area (Å²) in [5, 5.41) is 8.86. The fourth-order valence-electron chi connectivity index (χ4n) is 1.40. The number of carbonyl (C=O) groups is 1. The zero-order valence-electron chi connectivity index (χ0n) is 10.8. The van der Waals surface area contributed by atoms with Gasteiger partial charge in [-0.25, -0.2) is 13.2 Å². The molecule has 1 N–H and O–H groups in total. The van der Waals surface area contributed by atoms with Crippen molar-refractivity contribution in [3.63, 3.8) is 0 Å². The number of sulfone groups is 1. The summed E-state index contributed by atoms with van der Waals surface area (Å²) < 4.78 is 34.0. The maximum absolute atomic E-state index is 12.1. The molecule has 0 aliphatic carbocycles. The van der Waals surface area contributed by atoms with Crippen molar-refractivity contribution in [2.75, 3.05) is 32.7 Å². The van der Waals surface area contributed by atoms with Crippen molar-refractivity contribution in [3.05, 3.63) is 28.8 Å². The van der Waals surface area contributed by atoms with Crippen molar-refractivity contribution in [1.82, 2.24) is 0 Å². The summed E-state index contributed by atoms with van der Waals surface area (Å²) in [6.07, 6.45) is 0. The van der Waals surface area contributed by atoms with Gasteiger partial charge in [0.15, 0.2) is 9.84 Å². The molecule has 0 saturated heterocycles. The van der Waals surface area contributed by atoms with Gasteiger partial charge in [0, 0.05) is 7.11 Å². The number of ether oxygens (including phenoxy) is 2. The zero-order chi connectivity index (χ0) is 15.2. The lowest BCUT2D eigenvalue weighted by atomic mass is 10.2. The van der Waals surface area contributed by atoms with Gasteiger partial charge in [-0.2, -0.15) is 0 Å². The Bertz CT molecular complexity index is 569. The van der Waals surface area contributed by atoms with E-state index >= 15 is 0 Å². The van der Waals surface area contributed by atoms with Crippen molar-refractivity contribution in [2.24, 2.45) is 0 Å². The molecule has 1 aromatic rings. The number of carboxylic acid groups (broad SMARTS) is 1. The van der Waals surface area contributed by atoms with Crippen molar-refractivity contribution >= 4 is 27.4 Å². The molecule has 0 spiro atoms. The molecule has 0 heterocycles. The predicted octanol–water partition coefficient (Wildman–Crippen LogP) is 1.47. The number of halogens is 1. The van der Waals surface area contributed by atoms with Gasteiger partial charge in [-0.05, 0) is 18.2 Å². The molecule has 0 atom stereocenters. The molecule has 20 heavy (non-hydrogen) atoms. The van der Waals surface area contributed by atoms with E-state index in [2.05, 4.69) is 0 Å². The summed E-state index contributed by atoms with van der Waals surface area (Å²) in [6, 6.07) is 3.55. The number of rotatable bonds is 8. The fourth-order valence-corrected chi connectivity index (χ4v) is 3.10. The van der Waals surface area contributed by atoms with Gasteiger partial charge in [0.2, 0.25) is 0 Å². The molecule has 0 aliphatic rings. The van der Waals surface area contributed by atoms with Crippen LogP contribution < -0.4 is 0 Å². The Labute approximate surface area is 122 Å². The Balaban J connectivity index is 2.81. The van der Waals surface area contributed by atoms with E-state index in [0.717, 1.165) is 6.07 Å². The van der Waals surface area contributed by atoms with Crippen LogP contribution in [0.2, 0.25) is 5.02 Å². The molecule has 112 valence electrons. The summed E-state index contributed by atoms with van der Waals surface area (Å²) in [4.78, 5) is 10.6. The summed E-state index contributed by atoms with van der Waals surface area (Å²) in [5.41, 5.74) is -0.131. The van der Waals surface area contributed by atoms with E-state index < -0.39 is 15.8 Å². The summed E-state index contributed by atoms with van der Waals surface area (Å²) >= 11 is 5.82. The van der Waals surface area contributed by atoms with E-state index in [1.54, 1.807) is 0 Å². The van der Waals surface area contributed by atoms with Crippen LogP contribution in [0.3, 0.4) is 0 Å². The summed E-state index contributed by atoms with van der Waals surface area (Å²) in [6.45, 7) is 0.642. The Morgan fingerprint density at radius 1 is 1.30 bits per heavy atom. The average molecular weight is 323 g/mol. The minimum atomic E-state index is -3.70. The number of hydrogen-bond acceptors (Lipinski definition) is 5. The normalized spacial score (nSPS) is 11.5. The highest BCUT2D eigenvalue weighted by atomic mass is 35.5. The molecule has 0 bridgehead atoms. The van der Waals surface area contributed by atoms with Gasteiger partial charge in [0.1, 0.15) is 0 Å². The van der Waals surface area contributed by atoms with Gasteiger partial charge in [-0.15, -0.1) is 0 Å². The highest BCUT2D eigenvalue weighted by Crippen LogP contribution is 2.23. The van der Waals surface area contributed by atoms with Gasteiger partial charge in [0.25, 0.3) is 0 Å². The van der Waals surface area contributed by atoms with E-state index in [1.165, 1.54) is 19.2 Å². The van der Waals surface area contributed by atoms with E-state index in [1.807, 2.05) is 0 Å². The Kier molecular flexibility index (Phi) is 6.41. The van der Waals surface area contributed by atoms with Gasteiger partial charge >= 0.3 is 5.97 Å². The first-order chi connectivity index (χ1) is 9.38. The third-order valence-electron chi connectivity index (χ3n) is 2.44. The average Bonchev–Trinajstić information content (AvgIpc) is 2.38. The highest BCUT2D eigenvalue weighted by molar-refractivity contribution is 7.91. The molecule has 0 saturated carbocycles. The van der Waals surface area contributed by atoms with Crippen LogP contribution in [0.1, 0.15) is 10.4 Å². The minimum Gasteiger partial charge on any atom is -0.478 e. The first kappa shape index (κ1) is 16.9. The monoisotopic (exact) mass is 322 g/mol. The molecular formula is C12H15ClO6S. The van der Waals surface area contributed by atoms with Gasteiger partial charge in [0.05, 0.1) is 41.1 Å². The van der Waals surface area contributed by atoms with Crippen LogP contribution in [0.4, 0.5) is 0 Å². The van der Waals surface area contributed by atoms with Crippen LogP contribution in [0.25, 0.3) is 0 Å². The van der Waals surface area contributed by atoms with Crippen LogP contribution in [-0.2, 0) is 19.3 Å². The number of benzene rings is 1. The van der Waals surface area contributed by atoms with Crippen molar-refractivity contribution < 1.29 is 27.8 Å². The topological polar surface area (TPSA) is 89.9 Å². The molecule has 1 aromatic carbocycles. The third kappa shape index (κ3) is 4.75. The second-order valence-corrected chi connectivity index (χ2v) is 6.36. The molecule has 1 rings (SSSR count). The van der Waals surface area contributed by atoms with E-state index in [9.17, 15) is 13.2 Å². The van der Waals surface area contributed by atoms with Crippen molar-refractivity contribution in [2.45, 2.75) is 4.90 Å². The van der Waals surface area contributed by atoms with Crippen LogP contribution in [0.5, 0.6) is 0 Å². The standard InChI is InChI=1S/C12H15ClO6S/c1-18-4-5-19-6-7-20(16,17)11-8-9(12(14)15)2-3-10(11)13/h2-3,8H,4-7H2,1H3,(H,14,15). The second kappa shape index (κ2) is 7.58. The van der Waals surface area contributed by atoms with Crippen LogP contribution in [0.15, 0.2) is 23.1 Å². The predicted molar refractivity (Wildman–Crippen MR) is 73.2 cm³/mol. The molecule has 0 fully saturated rings. The Morgan fingerprint density at radius 3 is 2.60 bits per heavy atom. The quantitative estimate of drug-likeness (QED) is 0.729. The molecule has 0 radical (unpaired) electrons. The lowest BCUT2D eigenvalue weighted by molar-refractivity contribution is 0.0696. The van der Waals surface area contributed by atoms with Crippen LogP contribution >= 0.6 is 11.6 Å². The number of aromatic carboxylic acids is 1. The van der Waals surface area contributed by atoms with Crippen molar-refractivity contribution in [1.29, 1.82) is 0 Å². The van der Waals surface area contributed by atoms with Crippen LogP contribution in [-0.4, -0.2) is 52.2 Å². The first-order valence-electron chi connectivity index (χ1n) is 5.71. The minimum absolute atomic E-state index is 0.00751. The summed E-state index contributed by atoms with van der Waals surface area (Å²) in [5.74, 6) is -1.49. The largest absolute Gasteiger partial charge is 0.478 e. The Morgan fingerprint density at radius 2 is 2.00 bits per heavy atom. The third-order valence-corrected chi connectivity index (χ3v) is 4.60. The fraction of sp³-hybridized carbons (Fsp3) is 0.417. The van der Waals surface area contributed by atoms with Gasteiger partial charge < -0.3 is 14.6 Å². The smallest absolute Gasteiger partial charge is 0.335 e. The second-order valence-electron chi connectivity index (χ2n) is 3.87. The van der Waals surface area contributed by atoms with E-state index in [0.29, 0.717) is 6.61 Å². The number of carboxylic acids is 1. The lowest BCUT2D eigenvalue weighted by Crippen LogP contribution is -2.15. The van der Waals surface area contributed by atoms with E-state index in [-0.39, 0.29) is 34.4 Å². The molecular weight excluding hydrogens is 308 g/mol. The molecule has 0 aliphatic heterocycles. The maximum Gasteiger partial charge on any atom is 0.335 e. The SMILES string of the molecule is COCCOCCS(=O)(=O)c1cc(C(=O)O)ccc1Cl. The lowest BCUT2D eigenvalue weighted by Gasteiger charge is -2.08. The molecule has 0 amide bonds. The van der Waals surface area contributed by atoms with Crippen LogP contribution in [0, 0.1) is 0 Å². The highest BCUT2D eigenvalue weighted by Gasteiger charge is 2.20. The first-order valence-corrected chi connectivity index (χ1v) is 7.74. The number of methoxy groups -OCH3 is 1. The zero-order valence-corrected chi connectivity index (χ0v) is 12.4. The Hall–Kier alpha value is -1.15.